The molecule has 0 radical (unpaired) electrons. The Balaban J connectivity index is 1.84. The molecule has 2 rings (SSSR count). The third-order valence-corrected chi connectivity index (χ3v) is 5.04. The van der Waals surface area contributed by atoms with Gasteiger partial charge in [0.15, 0.2) is 0 Å². The second kappa shape index (κ2) is 6.05. The van der Waals surface area contributed by atoms with Gasteiger partial charge >= 0.3 is 0 Å². The normalized spacial score (nSPS) is 36.6. The van der Waals surface area contributed by atoms with Gasteiger partial charge in [-0.15, -0.1) is 0 Å². The van der Waals surface area contributed by atoms with Crippen LogP contribution in [0.25, 0.3) is 0 Å². The highest BCUT2D eigenvalue weighted by Crippen LogP contribution is 2.28. The van der Waals surface area contributed by atoms with Gasteiger partial charge in [-0.3, -0.25) is 4.79 Å². The van der Waals surface area contributed by atoms with Crippen molar-refractivity contribution in [3.8, 4) is 0 Å². The van der Waals surface area contributed by atoms with Crippen molar-refractivity contribution in [2.24, 2.45) is 5.92 Å². The van der Waals surface area contributed by atoms with Gasteiger partial charge in [-0.1, -0.05) is 20.3 Å². The predicted octanol–water partition coefficient (Wildman–Crippen LogP) is 2.60. The molecule has 2 N–H and O–H groups in total. The molecule has 1 aliphatic heterocycles. The average molecular weight is 252 g/mol. The highest BCUT2D eigenvalue weighted by atomic mass is 16.2. The van der Waals surface area contributed by atoms with Crippen molar-refractivity contribution >= 4 is 5.91 Å². The molecule has 3 heteroatoms. The van der Waals surface area contributed by atoms with Crippen molar-refractivity contribution in [3.05, 3.63) is 0 Å². The minimum atomic E-state index is -0.262. The molecule has 1 unspecified atom stereocenters. The van der Waals surface area contributed by atoms with Crippen LogP contribution in [0.15, 0.2) is 0 Å². The van der Waals surface area contributed by atoms with E-state index in [1.807, 2.05) is 0 Å². The first kappa shape index (κ1) is 13.9. The van der Waals surface area contributed by atoms with Crippen LogP contribution in [-0.2, 0) is 4.79 Å². The molecule has 0 aromatic rings. The van der Waals surface area contributed by atoms with E-state index in [-0.39, 0.29) is 11.4 Å². The molecule has 0 spiro atoms. The van der Waals surface area contributed by atoms with E-state index in [4.69, 9.17) is 0 Å². The third kappa shape index (κ3) is 2.87. The molecule has 0 bridgehead atoms. The summed E-state index contributed by atoms with van der Waals surface area (Å²) in [4.78, 5) is 12.4. The monoisotopic (exact) mass is 252 g/mol. The van der Waals surface area contributed by atoms with Crippen LogP contribution < -0.4 is 10.6 Å². The minimum absolute atomic E-state index is 0.252. The summed E-state index contributed by atoms with van der Waals surface area (Å²) in [7, 11) is 0. The van der Waals surface area contributed by atoms with Crippen LogP contribution in [0.3, 0.4) is 0 Å². The molecule has 0 aromatic heterocycles. The zero-order valence-electron chi connectivity index (χ0n) is 11.9. The number of amides is 1. The summed E-state index contributed by atoms with van der Waals surface area (Å²) in [6, 6.07) is 0.422. The van der Waals surface area contributed by atoms with Crippen molar-refractivity contribution in [1.29, 1.82) is 0 Å². The lowest BCUT2D eigenvalue weighted by Crippen LogP contribution is -2.55. The van der Waals surface area contributed by atoms with Gasteiger partial charge in [-0.25, -0.2) is 0 Å². The molecule has 1 aliphatic carbocycles. The van der Waals surface area contributed by atoms with E-state index < -0.39 is 0 Å². The number of hydrogen-bond donors (Lipinski definition) is 2. The van der Waals surface area contributed by atoms with E-state index in [1.54, 1.807) is 0 Å². The standard InChI is InChI=1S/C15H28N2O/c1-3-12-6-8-13(9-7-12)17-14(18)15(4-2)10-5-11-16-15/h12-13,16H,3-11H2,1-2H3,(H,17,18). The Morgan fingerprint density at radius 2 is 2.00 bits per heavy atom. The number of hydrogen-bond acceptors (Lipinski definition) is 2. The Labute approximate surface area is 111 Å². The Hall–Kier alpha value is -0.570. The van der Waals surface area contributed by atoms with E-state index in [9.17, 15) is 4.79 Å². The summed E-state index contributed by atoms with van der Waals surface area (Å²) in [5.41, 5.74) is -0.262. The van der Waals surface area contributed by atoms with Gasteiger partial charge in [0.25, 0.3) is 0 Å². The Morgan fingerprint density at radius 3 is 2.50 bits per heavy atom. The first-order valence-electron chi connectivity index (χ1n) is 7.76. The van der Waals surface area contributed by atoms with Crippen LogP contribution in [-0.4, -0.2) is 24.0 Å². The average Bonchev–Trinajstić information content (AvgIpc) is 2.89. The van der Waals surface area contributed by atoms with Crippen molar-refractivity contribution < 1.29 is 4.79 Å². The van der Waals surface area contributed by atoms with E-state index in [0.717, 1.165) is 31.7 Å². The molecule has 1 atom stereocenters. The summed E-state index contributed by atoms with van der Waals surface area (Å²) in [6.07, 6.45) is 9.24. The Bertz CT molecular complexity index is 276. The molecule has 0 aromatic carbocycles. The Morgan fingerprint density at radius 1 is 1.28 bits per heavy atom. The minimum Gasteiger partial charge on any atom is -0.352 e. The van der Waals surface area contributed by atoms with Crippen molar-refractivity contribution in [3.63, 3.8) is 0 Å². The second-order valence-corrected chi connectivity index (χ2v) is 6.07. The summed E-state index contributed by atoms with van der Waals surface area (Å²) >= 11 is 0. The Kier molecular flexibility index (Phi) is 4.66. The maximum atomic E-state index is 12.4. The van der Waals surface area contributed by atoms with Gasteiger partial charge in [0.05, 0.1) is 5.54 Å². The van der Waals surface area contributed by atoms with E-state index in [1.165, 1.54) is 32.1 Å². The zero-order valence-corrected chi connectivity index (χ0v) is 11.9. The summed E-state index contributed by atoms with van der Waals surface area (Å²) < 4.78 is 0. The van der Waals surface area contributed by atoms with E-state index in [0.29, 0.717) is 6.04 Å². The fraction of sp³-hybridized carbons (Fsp3) is 0.933. The van der Waals surface area contributed by atoms with E-state index in [2.05, 4.69) is 24.5 Å². The molecule has 2 fully saturated rings. The number of nitrogens with one attached hydrogen (secondary N) is 2. The summed E-state index contributed by atoms with van der Waals surface area (Å²) in [5, 5.41) is 6.71. The van der Waals surface area contributed by atoms with Crippen molar-refractivity contribution in [1.82, 2.24) is 10.6 Å². The lowest BCUT2D eigenvalue weighted by Gasteiger charge is -2.33. The maximum Gasteiger partial charge on any atom is 0.240 e. The highest BCUT2D eigenvalue weighted by Gasteiger charge is 2.40. The van der Waals surface area contributed by atoms with Gasteiger partial charge in [-0.05, 0) is 57.4 Å². The second-order valence-electron chi connectivity index (χ2n) is 6.07. The van der Waals surface area contributed by atoms with Gasteiger partial charge < -0.3 is 10.6 Å². The lowest BCUT2D eigenvalue weighted by atomic mass is 9.84. The van der Waals surface area contributed by atoms with Crippen LogP contribution in [0.4, 0.5) is 0 Å². The van der Waals surface area contributed by atoms with Crippen LogP contribution >= 0.6 is 0 Å². The van der Waals surface area contributed by atoms with Crippen LogP contribution in [0.1, 0.15) is 65.2 Å². The smallest absolute Gasteiger partial charge is 0.240 e. The highest BCUT2D eigenvalue weighted by molar-refractivity contribution is 5.86. The first-order chi connectivity index (χ1) is 8.70. The number of carbonyl (C=O) groups excluding carboxylic acids is 1. The van der Waals surface area contributed by atoms with Crippen molar-refractivity contribution in [2.75, 3.05) is 6.54 Å². The molecular formula is C15H28N2O. The molecule has 1 heterocycles. The van der Waals surface area contributed by atoms with Crippen LogP contribution in [0.2, 0.25) is 0 Å². The zero-order chi connectivity index (χ0) is 13.0. The quantitative estimate of drug-likeness (QED) is 0.807. The number of carbonyl (C=O) groups is 1. The molecule has 1 amide bonds. The van der Waals surface area contributed by atoms with Gasteiger partial charge in [0, 0.05) is 6.04 Å². The molecule has 1 saturated heterocycles. The molecule has 3 nitrogen and oxygen atoms in total. The largest absolute Gasteiger partial charge is 0.352 e. The lowest BCUT2D eigenvalue weighted by molar-refractivity contribution is -0.128. The SMILES string of the molecule is CCC1CCC(NC(=O)C2(CC)CCCN2)CC1. The molecule has 18 heavy (non-hydrogen) atoms. The topological polar surface area (TPSA) is 41.1 Å². The van der Waals surface area contributed by atoms with Gasteiger partial charge in [0.1, 0.15) is 0 Å². The van der Waals surface area contributed by atoms with Crippen LogP contribution in [0, 0.1) is 5.92 Å². The van der Waals surface area contributed by atoms with Crippen LogP contribution in [0.5, 0.6) is 0 Å². The third-order valence-electron chi connectivity index (χ3n) is 5.04. The maximum absolute atomic E-state index is 12.4. The summed E-state index contributed by atoms with van der Waals surface area (Å²) in [5.74, 6) is 1.14. The van der Waals surface area contributed by atoms with Crippen molar-refractivity contribution in [2.45, 2.75) is 76.8 Å². The molecule has 1 saturated carbocycles. The summed E-state index contributed by atoms with van der Waals surface area (Å²) in [6.45, 7) is 5.38. The predicted molar refractivity (Wildman–Crippen MR) is 74.4 cm³/mol. The molecule has 2 aliphatic rings. The fourth-order valence-electron chi connectivity index (χ4n) is 3.50. The molecule has 104 valence electrons. The first-order valence-corrected chi connectivity index (χ1v) is 7.76. The number of rotatable bonds is 4. The fourth-order valence-corrected chi connectivity index (χ4v) is 3.50. The molecular weight excluding hydrogens is 224 g/mol. The van der Waals surface area contributed by atoms with E-state index >= 15 is 0 Å². The van der Waals surface area contributed by atoms with Gasteiger partial charge in [-0.2, -0.15) is 0 Å². The van der Waals surface area contributed by atoms with Gasteiger partial charge in [0.2, 0.25) is 5.91 Å².